The zero-order valence-corrected chi connectivity index (χ0v) is 16.5. The number of nitrogens with two attached hydrogens (primary N) is 1. The van der Waals surface area contributed by atoms with Crippen LogP contribution in [-0.2, 0) is 16.6 Å². The van der Waals surface area contributed by atoms with E-state index in [1.807, 2.05) is 55.7 Å². The third kappa shape index (κ3) is 4.20. The number of sulfonamides is 1. The highest BCUT2D eigenvalue weighted by atomic mass is 32.2. The monoisotopic (exact) mass is 384 g/mol. The molecule has 7 heteroatoms. The fourth-order valence-electron chi connectivity index (χ4n) is 2.99. The molecule has 0 fully saturated rings. The predicted molar refractivity (Wildman–Crippen MR) is 108 cm³/mol. The van der Waals surface area contributed by atoms with Crippen molar-refractivity contribution in [2.75, 3.05) is 12.3 Å². The minimum Gasteiger partial charge on any atom is -0.399 e. The molecule has 0 unspecified atom stereocenters. The van der Waals surface area contributed by atoms with Crippen LogP contribution in [0.1, 0.15) is 17.0 Å². The summed E-state index contributed by atoms with van der Waals surface area (Å²) in [7, 11) is -3.57. The minimum atomic E-state index is -3.57. The number of benzene rings is 2. The number of rotatable bonds is 6. The molecule has 3 rings (SSSR count). The van der Waals surface area contributed by atoms with E-state index in [1.54, 1.807) is 18.5 Å². The van der Waals surface area contributed by atoms with Gasteiger partial charge in [0.1, 0.15) is 0 Å². The lowest BCUT2D eigenvalue weighted by Gasteiger charge is -2.12. The van der Waals surface area contributed by atoms with Crippen LogP contribution < -0.4 is 10.5 Å². The zero-order chi connectivity index (χ0) is 19.6. The second kappa shape index (κ2) is 7.54. The van der Waals surface area contributed by atoms with Gasteiger partial charge in [-0.3, -0.25) is 0 Å². The maximum absolute atomic E-state index is 12.6. The van der Waals surface area contributed by atoms with E-state index in [2.05, 4.69) is 9.71 Å². The molecule has 1 aromatic heterocycles. The van der Waals surface area contributed by atoms with Gasteiger partial charge in [-0.25, -0.2) is 18.1 Å². The standard InChI is InChI=1S/C20H24N4O2S/c1-14-11-19(7-8-20(14)17-5-4-6-18(21)12-17)27(25,26)23-9-10-24-13-22-15(2)16(24)3/h4-8,11-13,23H,9-10,21H2,1-3H3. The van der Waals surface area contributed by atoms with Crippen molar-refractivity contribution in [1.29, 1.82) is 0 Å². The van der Waals surface area contributed by atoms with Gasteiger partial charge in [-0.1, -0.05) is 18.2 Å². The summed E-state index contributed by atoms with van der Waals surface area (Å²) in [4.78, 5) is 4.48. The molecule has 0 bridgehead atoms. The van der Waals surface area contributed by atoms with Gasteiger partial charge in [0, 0.05) is 24.5 Å². The van der Waals surface area contributed by atoms with E-state index in [1.165, 1.54) is 0 Å². The van der Waals surface area contributed by atoms with Crippen LogP contribution in [0.5, 0.6) is 0 Å². The summed E-state index contributed by atoms with van der Waals surface area (Å²) >= 11 is 0. The van der Waals surface area contributed by atoms with E-state index in [0.717, 1.165) is 28.1 Å². The topological polar surface area (TPSA) is 90.0 Å². The molecule has 0 amide bonds. The van der Waals surface area contributed by atoms with Crippen LogP contribution in [0.3, 0.4) is 0 Å². The number of nitrogens with one attached hydrogen (secondary N) is 1. The lowest BCUT2D eigenvalue weighted by molar-refractivity contribution is 0.571. The number of nitrogens with zero attached hydrogens (tertiary/aromatic N) is 2. The van der Waals surface area contributed by atoms with Crippen molar-refractivity contribution in [3.63, 3.8) is 0 Å². The van der Waals surface area contributed by atoms with Gasteiger partial charge in [0.2, 0.25) is 10.0 Å². The number of aromatic nitrogens is 2. The van der Waals surface area contributed by atoms with Crippen LogP contribution in [0.4, 0.5) is 5.69 Å². The first-order valence-electron chi connectivity index (χ1n) is 8.72. The van der Waals surface area contributed by atoms with Crippen molar-refractivity contribution in [3.05, 3.63) is 65.7 Å². The molecular weight excluding hydrogens is 360 g/mol. The molecule has 3 N–H and O–H groups in total. The summed E-state index contributed by atoms with van der Waals surface area (Å²) in [6.45, 7) is 6.63. The van der Waals surface area contributed by atoms with Crippen LogP contribution in [0.15, 0.2) is 53.7 Å². The molecule has 0 aliphatic rings. The first-order valence-corrected chi connectivity index (χ1v) is 10.2. The molecule has 2 aromatic carbocycles. The average molecular weight is 385 g/mol. The molecule has 0 aliphatic carbocycles. The summed E-state index contributed by atoms with van der Waals surface area (Å²) in [5, 5.41) is 0. The molecule has 0 saturated heterocycles. The smallest absolute Gasteiger partial charge is 0.240 e. The van der Waals surface area contributed by atoms with E-state index in [-0.39, 0.29) is 4.90 Å². The summed E-state index contributed by atoms with van der Waals surface area (Å²) < 4.78 is 29.8. The Kier molecular flexibility index (Phi) is 5.34. The van der Waals surface area contributed by atoms with Crippen LogP contribution in [0.25, 0.3) is 11.1 Å². The molecule has 0 aliphatic heterocycles. The normalized spacial score (nSPS) is 11.7. The molecule has 0 spiro atoms. The molecule has 3 aromatic rings. The first-order chi connectivity index (χ1) is 12.8. The van der Waals surface area contributed by atoms with Crippen LogP contribution in [0, 0.1) is 20.8 Å². The van der Waals surface area contributed by atoms with Gasteiger partial charge in [0.25, 0.3) is 0 Å². The van der Waals surface area contributed by atoms with Crippen molar-refractivity contribution in [2.24, 2.45) is 0 Å². The lowest BCUT2D eigenvalue weighted by Crippen LogP contribution is -2.27. The molecule has 27 heavy (non-hydrogen) atoms. The molecular formula is C20H24N4O2S. The van der Waals surface area contributed by atoms with Crippen molar-refractivity contribution >= 4 is 15.7 Å². The van der Waals surface area contributed by atoms with Crippen molar-refractivity contribution in [3.8, 4) is 11.1 Å². The third-order valence-corrected chi connectivity index (χ3v) is 6.15. The Morgan fingerprint density at radius 3 is 2.52 bits per heavy atom. The summed E-state index contributed by atoms with van der Waals surface area (Å²) in [6.07, 6.45) is 1.73. The number of imidazole rings is 1. The molecule has 6 nitrogen and oxygen atoms in total. The van der Waals surface area contributed by atoms with Gasteiger partial charge >= 0.3 is 0 Å². The Hall–Kier alpha value is -2.64. The zero-order valence-electron chi connectivity index (χ0n) is 15.7. The van der Waals surface area contributed by atoms with E-state index >= 15 is 0 Å². The maximum atomic E-state index is 12.6. The Morgan fingerprint density at radius 2 is 1.89 bits per heavy atom. The SMILES string of the molecule is Cc1cc(S(=O)(=O)NCCn2cnc(C)c2C)ccc1-c1cccc(N)c1. The average Bonchev–Trinajstić information content (AvgIpc) is 2.93. The van der Waals surface area contributed by atoms with E-state index in [9.17, 15) is 8.42 Å². The Bertz CT molecular complexity index is 1070. The van der Waals surface area contributed by atoms with Gasteiger partial charge in [-0.15, -0.1) is 0 Å². The number of hydrogen-bond donors (Lipinski definition) is 2. The highest BCUT2D eigenvalue weighted by molar-refractivity contribution is 7.89. The number of anilines is 1. The molecule has 0 saturated carbocycles. The number of nitrogen functional groups attached to an aromatic ring is 1. The Balaban J connectivity index is 1.75. The summed E-state index contributed by atoms with van der Waals surface area (Å²) in [5.41, 5.74) is 11.3. The Morgan fingerprint density at radius 1 is 1.11 bits per heavy atom. The third-order valence-electron chi connectivity index (χ3n) is 4.70. The molecule has 0 atom stereocenters. The van der Waals surface area contributed by atoms with Crippen molar-refractivity contribution < 1.29 is 8.42 Å². The minimum absolute atomic E-state index is 0.256. The second-order valence-electron chi connectivity index (χ2n) is 6.61. The van der Waals surface area contributed by atoms with E-state index < -0.39 is 10.0 Å². The largest absolute Gasteiger partial charge is 0.399 e. The highest BCUT2D eigenvalue weighted by Gasteiger charge is 2.15. The van der Waals surface area contributed by atoms with Gasteiger partial charge in [0.05, 0.1) is 16.9 Å². The van der Waals surface area contributed by atoms with Gasteiger partial charge in [-0.2, -0.15) is 0 Å². The van der Waals surface area contributed by atoms with Crippen LogP contribution >= 0.6 is 0 Å². The summed E-state index contributed by atoms with van der Waals surface area (Å²) in [6, 6.07) is 12.7. The molecule has 0 radical (unpaired) electrons. The highest BCUT2D eigenvalue weighted by Crippen LogP contribution is 2.27. The second-order valence-corrected chi connectivity index (χ2v) is 8.38. The lowest BCUT2D eigenvalue weighted by atomic mass is 10.0. The van der Waals surface area contributed by atoms with Gasteiger partial charge in [-0.05, 0) is 61.7 Å². The fourth-order valence-corrected chi connectivity index (χ4v) is 4.09. The quantitative estimate of drug-likeness (QED) is 0.639. The van der Waals surface area contributed by atoms with Gasteiger partial charge < -0.3 is 10.3 Å². The van der Waals surface area contributed by atoms with Crippen molar-refractivity contribution in [1.82, 2.24) is 14.3 Å². The molecule has 142 valence electrons. The van der Waals surface area contributed by atoms with Crippen LogP contribution in [-0.4, -0.2) is 24.5 Å². The van der Waals surface area contributed by atoms with E-state index in [0.29, 0.717) is 18.8 Å². The van der Waals surface area contributed by atoms with Crippen LogP contribution in [0.2, 0.25) is 0 Å². The number of aryl methyl sites for hydroxylation is 2. The molecule has 1 heterocycles. The van der Waals surface area contributed by atoms with E-state index in [4.69, 9.17) is 5.73 Å². The Labute approximate surface area is 160 Å². The fraction of sp³-hybridized carbons (Fsp3) is 0.250. The maximum Gasteiger partial charge on any atom is 0.240 e. The van der Waals surface area contributed by atoms with Gasteiger partial charge in [0.15, 0.2) is 0 Å². The van der Waals surface area contributed by atoms with Crippen molar-refractivity contribution in [2.45, 2.75) is 32.2 Å². The first kappa shape index (κ1) is 19.1. The number of hydrogen-bond acceptors (Lipinski definition) is 4. The predicted octanol–water partition coefficient (Wildman–Crippen LogP) is 3.04. The summed E-state index contributed by atoms with van der Waals surface area (Å²) in [5.74, 6) is 0.